The smallest absolute Gasteiger partial charge is 0.337 e. The van der Waals surface area contributed by atoms with Crippen molar-refractivity contribution in [3.8, 4) is 5.69 Å². The zero-order valence-corrected chi connectivity index (χ0v) is 9.20. The predicted molar refractivity (Wildman–Crippen MR) is 63.5 cm³/mol. The van der Waals surface area contributed by atoms with Crippen LogP contribution in [0.3, 0.4) is 0 Å². The van der Waals surface area contributed by atoms with Gasteiger partial charge >= 0.3 is 5.97 Å². The molecule has 0 unspecified atom stereocenters. The summed E-state index contributed by atoms with van der Waals surface area (Å²) in [5, 5.41) is 12.9. The molecule has 0 aliphatic heterocycles. The largest absolute Gasteiger partial charge is 0.478 e. The van der Waals surface area contributed by atoms with Crippen molar-refractivity contribution < 1.29 is 14.7 Å². The van der Waals surface area contributed by atoms with Gasteiger partial charge in [-0.2, -0.15) is 5.10 Å². The number of rotatable bonds is 3. The molecule has 2 rings (SSSR count). The fourth-order valence-electron chi connectivity index (χ4n) is 1.46. The fourth-order valence-corrected chi connectivity index (χ4v) is 1.46. The minimum Gasteiger partial charge on any atom is -0.478 e. The normalized spacial score (nSPS) is 10.2. The maximum atomic E-state index is 10.9. The lowest BCUT2D eigenvalue weighted by Crippen LogP contribution is -2.09. The number of amides is 1. The van der Waals surface area contributed by atoms with E-state index in [0.29, 0.717) is 5.69 Å². The highest BCUT2D eigenvalue weighted by molar-refractivity contribution is 5.94. The van der Waals surface area contributed by atoms with Gasteiger partial charge in [0.1, 0.15) is 0 Å². The molecule has 0 aliphatic rings. The lowest BCUT2D eigenvalue weighted by atomic mass is 10.1. The van der Waals surface area contributed by atoms with Crippen LogP contribution in [-0.2, 0) is 0 Å². The molecule has 0 saturated carbocycles. The van der Waals surface area contributed by atoms with E-state index in [0.717, 1.165) is 0 Å². The third-order valence-corrected chi connectivity index (χ3v) is 2.40. The van der Waals surface area contributed by atoms with Gasteiger partial charge in [-0.3, -0.25) is 4.79 Å². The van der Waals surface area contributed by atoms with Crippen molar-refractivity contribution >= 4 is 17.6 Å². The van der Waals surface area contributed by atoms with Crippen LogP contribution in [0.4, 0.5) is 5.69 Å². The van der Waals surface area contributed by atoms with E-state index in [1.54, 1.807) is 6.07 Å². The molecule has 5 N–H and O–H groups in total. The van der Waals surface area contributed by atoms with Gasteiger partial charge in [0.25, 0.3) is 5.91 Å². The summed E-state index contributed by atoms with van der Waals surface area (Å²) in [5.74, 6) is -1.73. The maximum absolute atomic E-state index is 10.9. The molecule has 2 aromatic rings. The van der Waals surface area contributed by atoms with Crippen LogP contribution in [0.5, 0.6) is 0 Å². The zero-order valence-electron chi connectivity index (χ0n) is 9.20. The Labute approximate surface area is 102 Å². The summed E-state index contributed by atoms with van der Waals surface area (Å²) in [6.45, 7) is 0. The summed E-state index contributed by atoms with van der Waals surface area (Å²) < 4.78 is 1.35. The second-order valence-electron chi connectivity index (χ2n) is 3.61. The molecule has 1 amide bonds. The highest BCUT2D eigenvalue weighted by atomic mass is 16.4. The number of anilines is 1. The molecular weight excluding hydrogens is 236 g/mol. The number of benzene rings is 1. The second-order valence-corrected chi connectivity index (χ2v) is 3.61. The highest BCUT2D eigenvalue weighted by Gasteiger charge is 2.11. The van der Waals surface area contributed by atoms with Crippen LogP contribution in [0.15, 0.2) is 30.6 Å². The first-order chi connectivity index (χ1) is 8.49. The van der Waals surface area contributed by atoms with Crippen LogP contribution in [0.2, 0.25) is 0 Å². The van der Waals surface area contributed by atoms with Crippen molar-refractivity contribution in [1.29, 1.82) is 0 Å². The number of nitrogen functional groups attached to an aromatic ring is 1. The van der Waals surface area contributed by atoms with Crippen molar-refractivity contribution in [2.75, 3.05) is 5.73 Å². The van der Waals surface area contributed by atoms with Crippen LogP contribution in [0.1, 0.15) is 20.7 Å². The van der Waals surface area contributed by atoms with Gasteiger partial charge in [-0.05, 0) is 18.2 Å². The zero-order chi connectivity index (χ0) is 13.3. The summed E-state index contributed by atoms with van der Waals surface area (Å²) in [7, 11) is 0. The van der Waals surface area contributed by atoms with Gasteiger partial charge in [-0.25, -0.2) is 9.48 Å². The number of carboxylic acids is 1. The number of carboxylic acid groups (broad SMARTS) is 1. The molecule has 0 fully saturated rings. The number of carbonyl (C=O) groups excluding carboxylic acids is 1. The number of hydrogen-bond donors (Lipinski definition) is 3. The van der Waals surface area contributed by atoms with Gasteiger partial charge in [-0.15, -0.1) is 0 Å². The predicted octanol–water partition coefficient (Wildman–Crippen LogP) is 0.252. The average molecular weight is 246 g/mol. The monoisotopic (exact) mass is 246 g/mol. The molecule has 0 atom stereocenters. The van der Waals surface area contributed by atoms with E-state index in [1.165, 1.54) is 29.2 Å². The third-order valence-electron chi connectivity index (χ3n) is 2.40. The van der Waals surface area contributed by atoms with Crippen LogP contribution in [0, 0.1) is 0 Å². The van der Waals surface area contributed by atoms with Crippen molar-refractivity contribution in [1.82, 2.24) is 9.78 Å². The van der Waals surface area contributed by atoms with Crippen LogP contribution >= 0.6 is 0 Å². The Bertz CT molecular complexity index is 633. The van der Waals surface area contributed by atoms with Crippen LogP contribution in [0.25, 0.3) is 5.69 Å². The number of nitrogens with two attached hydrogens (primary N) is 2. The molecule has 1 aromatic heterocycles. The molecule has 18 heavy (non-hydrogen) atoms. The lowest BCUT2D eigenvalue weighted by molar-refractivity contribution is 0.0697. The summed E-state index contributed by atoms with van der Waals surface area (Å²) in [5.41, 5.74) is 11.5. The van der Waals surface area contributed by atoms with Crippen molar-refractivity contribution in [2.24, 2.45) is 5.73 Å². The van der Waals surface area contributed by atoms with E-state index in [-0.39, 0.29) is 16.8 Å². The first-order valence-electron chi connectivity index (χ1n) is 4.96. The van der Waals surface area contributed by atoms with Crippen molar-refractivity contribution in [3.05, 3.63) is 41.7 Å². The van der Waals surface area contributed by atoms with Crippen LogP contribution in [-0.4, -0.2) is 26.8 Å². The summed E-state index contributed by atoms with van der Waals surface area (Å²) in [6, 6.07) is 4.43. The Balaban J connectivity index is 2.47. The van der Waals surface area contributed by atoms with Crippen LogP contribution < -0.4 is 11.5 Å². The number of nitrogens with zero attached hydrogens (tertiary/aromatic N) is 2. The maximum Gasteiger partial charge on any atom is 0.337 e. The Kier molecular flexibility index (Phi) is 2.72. The highest BCUT2D eigenvalue weighted by Crippen LogP contribution is 2.17. The number of aromatic nitrogens is 2. The number of hydrogen-bond acceptors (Lipinski definition) is 4. The Hall–Kier alpha value is -2.83. The lowest BCUT2D eigenvalue weighted by Gasteiger charge is -2.05. The van der Waals surface area contributed by atoms with Gasteiger partial charge < -0.3 is 16.6 Å². The van der Waals surface area contributed by atoms with Crippen molar-refractivity contribution in [2.45, 2.75) is 0 Å². The molecule has 0 saturated heterocycles. The Morgan fingerprint density at radius 3 is 2.61 bits per heavy atom. The van der Waals surface area contributed by atoms with E-state index in [2.05, 4.69) is 5.10 Å². The minimum absolute atomic E-state index is 0.0244. The van der Waals surface area contributed by atoms with E-state index >= 15 is 0 Å². The van der Waals surface area contributed by atoms with Crippen molar-refractivity contribution in [3.63, 3.8) is 0 Å². The molecule has 7 nitrogen and oxygen atoms in total. The molecule has 1 heterocycles. The summed E-state index contributed by atoms with van der Waals surface area (Å²) >= 11 is 0. The second kappa shape index (κ2) is 4.21. The summed E-state index contributed by atoms with van der Waals surface area (Å²) in [4.78, 5) is 21.9. The first-order valence-corrected chi connectivity index (χ1v) is 4.96. The molecule has 92 valence electrons. The van der Waals surface area contributed by atoms with Gasteiger partial charge in [0.2, 0.25) is 0 Å². The standard InChI is InChI=1S/C11H10N4O3/c12-9-2-1-7(3-8(9)11(17)18)15-5-6(4-14-15)10(13)16/h1-5H,12H2,(H2,13,16)(H,17,18). The molecule has 0 bridgehead atoms. The third kappa shape index (κ3) is 2.01. The number of aromatic carboxylic acids is 1. The topological polar surface area (TPSA) is 124 Å². The minimum atomic E-state index is -1.13. The van der Waals surface area contributed by atoms with Gasteiger partial charge in [0.15, 0.2) is 0 Å². The van der Waals surface area contributed by atoms with Gasteiger partial charge in [0.05, 0.1) is 23.0 Å². The van der Waals surface area contributed by atoms with E-state index < -0.39 is 11.9 Å². The molecule has 0 aliphatic carbocycles. The summed E-state index contributed by atoms with van der Waals surface area (Å²) in [6.07, 6.45) is 2.72. The molecular formula is C11H10N4O3. The number of primary amides is 1. The Morgan fingerprint density at radius 1 is 1.33 bits per heavy atom. The van der Waals surface area contributed by atoms with Gasteiger partial charge in [-0.1, -0.05) is 0 Å². The van der Waals surface area contributed by atoms with E-state index in [9.17, 15) is 9.59 Å². The molecule has 1 aromatic carbocycles. The first kappa shape index (κ1) is 11.6. The molecule has 0 radical (unpaired) electrons. The fraction of sp³-hybridized carbons (Fsp3) is 0. The van der Waals surface area contributed by atoms with E-state index in [4.69, 9.17) is 16.6 Å². The van der Waals surface area contributed by atoms with E-state index in [1.807, 2.05) is 0 Å². The molecule has 0 spiro atoms. The Morgan fingerprint density at radius 2 is 2.06 bits per heavy atom. The SMILES string of the molecule is NC(=O)c1cnn(-c2ccc(N)c(C(=O)O)c2)c1. The number of carbonyl (C=O) groups is 2. The average Bonchev–Trinajstić information content (AvgIpc) is 2.78. The van der Waals surface area contributed by atoms with Gasteiger partial charge in [0, 0.05) is 11.9 Å². The molecule has 7 heteroatoms. The quantitative estimate of drug-likeness (QED) is 0.669.